The van der Waals surface area contributed by atoms with Gasteiger partial charge in [0.25, 0.3) is 5.91 Å². The molecule has 3 N–H and O–H groups in total. The van der Waals surface area contributed by atoms with Crippen molar-refractivity contribution in [2.75, 3.05) is 31.0 Å². The van der Waals surface area contributed by atoms with Crippen LogP contribution in [0.5, 0.6) is 5.75 Å². The Hall–Kier alpha value is -2.97. The molecule has 8 heteroatoms. The number of ether oxygens (including phenoxy) is 2. The van der Waals surface area contributed by atoms with Crippen LogP contribution >= 0.6 is 12.2 Å². The second-order valence-electron chi connectivity index (χ2n) is 5.54. The van der Waals surface area contributed by atoms with E-state index in [4.69, 9.17) is 21.7 Å². The van der Waals surface area contributed by atoms with Crippen molar-refractivity contribution in [2.45, 2.75) is 6.92 Å². The minimum absolute atomic E-state index is 0.153. The minimum atomic E-state index is -0.339. The molecule has 0 aliphatic rings. The zero-order chi connectivity index (χ0) is 19.6. The Bertz CT molecular complexity index is 809. The van der Waals surface area contributed by atoms with Crippen LogP contribution in [0, 0.1) is 0 Å². The number of amides is 2. The summed E-state index contributed by atoms with van der Waals surface area (Å²) in [6.07, 6.45) is 0. The Balaban J connectivity index is 1.89. The smallest absolute Gasteiger partial charge is 0.257 e. The van der Waals surface area contributed by atoms with Crippen molar-refractivity contribution in [1.82, 2.24) is 5.32 Å². The fraction of sp³-hybridized carbons (Fsp3) is 0.211. The molecule has 0 spiro atoms. The molecule has 2 amide bonds. The molecule has 0 aliphatic heterocycles. The fourth-order valence-electron chi connectivity index (χ4n) is 2.16. The lowest BCUT2D eigenvalue weighted by Gasteiger charge is -2.11. The number of carbonyl (C=O) groups is 2. The van der Waals surface area contributed by atoms with Crippen LogP contribution < -0.4 is 20.7 Å². The van der Waals surface area contributed by atoms with Crippen LogP contribution in [0.15, 0.2) is 48.5 Å². The summed E-state index contributed by atoms with van der Waals surface area (Å²) in [5.41, 5.74) is 1.73. The highest BCUT2D eigenvalue weighted by Gasteiger charge is 2.09. The molecule has 0 atom stereocenters. The van der Waals surface area contributed by atoms with Crippen molar-refractivity contribution in [1.29, 1.82) is 0 Å². The maximum atomic E-state index is 12.3. The Kier molecular flexibility index (Phi) is 7.72. The molecule has 0 radical (unpaired) electrons. The predicted octanol–water partition coefficient (Wildman–Crippen LogP) is 2.80. The average Bonchev–Trinajstić information content (AvgIpc) is 2.62. The van der Waals surface area contributed by atoms with Gasteiger partial charge in [0.1, 0.15) is 12.4 Å². The van der Waals surface area contributed by atoms with Crippen molar-refractivity contribution >= 4 is 40.5 Å². The number of hydrogen-bond donors (Lipinski definition) is 3. The molecule has 0 aliphatic carbocycles. The first-order chi connectivity index (χ1) is 13.0. The van der Waals surface area contributed by atoms with Crippen molar-refractivity contribution in [3.63, 3.8) is 0 Å². The monoisotopic (exact) mass is 387 g/mol. The average molecular weight is 387 g/mol. The SMILES string of the molecule is COCCOc1ccc(C(=O)NC(=S)Nc2cccc(NC(C)=O)c2)cc1. The third-order valence-corrected chi connectivity index (χ3v) is 3.54. The molecule has 0 saturated heterocycles. The Labute approximate surface area is 163 Å². The number of hydrogen-bond acceptors (Lipinski definition) is 5. The third-order valence-electron chi connectivity index (χ3n) is 3.34. The summed E-state index contributed by atoms with van der Waals surface area (Å²) in [5, 5.41) is 8.35. The second kappa shape index (κ2) is 10.2. The first kappa shape index (κ1) is 20.3. The lowest BCUT2D eigenvalue weighted by Crippen LogP contribution is -2.34. The molecule has 0 saturated carbocycles. The zero-order valence-electron chi connectivity index (χ0n) is 15.1. The summed E-state index contributed by atoms with van der Waals surface area (Å²) in [7, 11) is 1.60. The first-order valence-corrected chi connectivity index (χ1v) is 8.60. The highest BCUT2D eigenvalue weighted by molar-refractivity contribution is 7.80. The van der Waals surface area contributed by atoms with Gasteiger partial charge >= 0.3 is 0 Å². The van der Waals surface area contributed by atoms with Gasteiger partial charge in [0.2, 0.25) is 5.91 Å². The number of carbonyl (C=O) groups excluding carboxylic acids is 2. The molecule has 7 nitrogen and oxygen atoms in total. The van der Waals surface area contributed by atoms with Gasteiger partial charge in [-0.1, -0.05) is 6.07 Å². The van der Waals surface area contributed by atoms with Gasteiger partial charge in [-0.2, -0.15) is 0 Å². The molecular weight excluding hydrogens is 366 g/mol. The molecule has 142 valence electrons. The minimum Gasteiger partial charge on any atom is -0.491 e. The summed E-state index contributed by atoms with van der Waals surface area (Å²) >= 11 is 5.17. The molecule has 0 heterocycles. The summed E-state index contributed by atoms with van der Waals surface area (Å²) in [4.78, 5) is 23.4. The molecule has 2 rings (SSSR count). The van der Waals surface area contributed by atoms with Crippen molar-refractivity contribution in [3.8, 4) is 5.75 Å². The van der Waals surface area contributed by atoms with Gasteiger partial charge in [0.05, 0.1) is 6.61 Å². The molecule has 0 bridgehead atoms. The number of nitrogens with one attached hydrogen (secondary N) is 3. The molecule has 27 heavy (non-hydrogen) atoms. The van der Waals surface area contributed by atoms with E-state index in [0.717, 1.165) is 0 Å². The third kappa shape index (κ3) is 7.04. The maximum absolute atomic E-state index is 12.3. The normalized spacial score (nSPS) is 10.0. The topological polar surface area (TPSA) is 88.7 Å². The number of thiocarbonyl (C=S) groups is 1. The lowest BCUT2D eigenvalue weighted by atomic mass is 10.2. The van der Waals surface area contributed by atoms with E-state index in [1.807, 2.05) is 0 Å². The van der Waals surface area contributed by atoms with Crippen molar-refractivity contribution < 1.29 is 19.1 Å². The number of methoxy groups -OCH3 is 1. The Morgan fingerprint density at radius 3 is 2.30 bits per heavy atom. The van der Waals surface area contributed by atoms with Crippen LogP contribution in [0.3, 0.4) is 0 Å². The van der Waals surface area contributed by atoms with Gasteiger partial charge in [0, 0.05) is 31.0 Å². The molecule has 0 unspecified atom stereocenters. The van der Waals surface area contributed by atoms with Crippen molar-refractivity contribution in [2.24, 2.45) is 0 Å². The Morgan fingerprint density at radius 2 is 1.67 bits per heavy atom. The van der Waals surface area contributed by atoms with E-state index in [-0.39, 0.29) is 16.9 Å². The van der Waals surface area contributed by atoms with Gasteiger partial charge in [-0.05, 0) is 54.7 Å². The molecule has 2 aromatic rings. The molecule has 2 aromatic carbocycles. The van der Waals surface area contributed by atoms with Crippen LogP contribution in [0.2, 0.25) is 0 Å². The molecular formula is C19H21N3O4S. The highest BCUT2D eigenvalue weighted by atomic mass is 32.1. The van der Waals surface area contributed by atoms with E-state index in [2.05, 4.69) is 16.0 Å². The first-order valence-electron chi connectivity index (χ1n) is 8.19. The number of anilines is 2. The highest BCUT2D eigenvalue weighted by Crippen LogP contribution is 2.15. The van der Waals surface area contributed by atoms with Crippen LogP contribution in [-0.2, 0) is 9.53 Å². The molecule has 0 fully saturated rings. The van der Waals surface area contributed by atoms with Crippen LogP contribution in [0.4, 0.5) is 11.4 Å². The number of benzene rings is 2. The van der Waals surface area contributed by atoms with Gasteiger partial charge in [0.15, 0.2) is 5.11 Å². The summed E-state index contributed by atoms with van der Waals surface area (Å²) in [5.74, 6) is 0.144. The van der Waals surface area contributed by atoms with E-state index >= 15 is 0 Å². The van der Waals surface area contributed by atoms with Crippen LogP contribution in [0.25, 0.3) is 0 Å². The van der Waals surface area contributed by atoms with E-state index < -0.39 is 0 Å². The quantitative estimate of drug-likeness (QED) is 0.500. The van der Waals surface area contributed by atoms with Crippen LogP contribution in [-0.4, -0.2) is 37.3 Å². The van der Waals surface area contributed by atoms with Gasteiger partial charge < -0.3 is 20.1 Å². The number of rotatable bonds is 7. The maximum Gasteiger partial charge on any atom is 0.257 e. The predicted molar refractivity (Wildman–Crippen MR) is 108 cm³/mol. The largest absolute Gasteiger partial charge is 0.491 e. The van der Waals surface area contributed by atoms with E-state index in [0.29, 0.717) is 35.9 Å². The Morgan fingerprint density at radius 1 is 1.00 bits per heavy atom. The van der Waals surface area contributed by atoms with E-state index in [1.54, 1.807) is 55.6 Å². The standard InChI is InChI=1S/C19H21N3O4S/c1-13(23)20-15-4-3-5-16(12-15)21-19(27)22-18(24)14-6-8-17(9-7-14)26-11-10-25-2/h3-9,12H,10-11H2,1-2H3,(H,20,23)(H2,21,22,24,27). The molecule has 0 aromatic heterocycles. The van der Waals surface area contributed by atoms with Gasteiger partial charge in [-0.3, -0.25) is 14.9 Å². The van der Waals surface area contributed by atoms with Gasteiger partial charge in [-0.15, -0.1) is 0 Å². The summed E-state index contributed by atoms with van der Waals surface area (Å²) < 4.78 is 10.4. The lowest BCUT2D eigenvalue weighted by molar-refractivity contribution is -0.114. The van der Waals surface area contributed by atoms with Gasteiger partial charge in [-0.25, -0.2) is 0 Å². The zero-order valence-corrected chi connectivity index (χ0v) is 15.9. The van der Waals surface area contributed by atoms with Crippen molar-refractivity contribution in [3.05, 3.63) is 54.1 Å². The summed E-state index contributed by atoms with van der Waals surface area (Å²) in [6.45, 7) is 2.36. The van der Waals surface area contributed by atoms with E-state index in [1.165, 1.54) is 6.92 Å². The second-order valence-corrected chi connectivity index (χ2v) is 5.94. The summed E-state index contributed by atoms with van der Waals surface area (Å²) in [6, 6.07) is 13.7. The fourth-order valence-corrected chi connectivity index (χ4v) is 2.37. The van der Waals surface area contributed by atoms with Crippen LogP contribution in [0.1, 0.15) is 17.3 Å². The van der Waals surface area contributed by atoms with E-state index in [9.17, 15) is 9.59 Å².